The Kier molecular flexibility index (Phi) is 2.73. The molecule has 0 amide bonds. The number of hydrazine groups is 1. The van der Waals surface area contributed by atoms with E-state index in [2.05, 4.69) is 0 Å². The Morgan fingerprint density at radius 2 is 1.56 bits per heavy atom. The SMILES string of the molecule is NN(CCO)CC12CC3CC(CC(C3)C1)C2. The van der Waals surface area contributed by atoms with E-state index in [1.165, 1.54) is 38.5 Å². The Balaban J connectivity index is 1.68. The van der Waals surface area contributed by atoms with Gasteiger partial charge < -0.3 is 5.11 Å². The topological polar surface area (TPSA) is 49.5 Å². The molecule has 0 aromatic heterocycles. The van der Waals surface area contributed by atoms with Crippen LogP contribution >= 0.6 is 0 Å². The van der Waals surface area contributed by atoms with Gasteiger partial charge in [-0.15, -0.1) is 0 Å². The second-order valence-electron chi connectivity index (χ2n) is 6.61. The molecular weight excluding hydrogens is 200 g/mol. The summed E-state index contributed by atoms with van der Waals surface area (Å²) in [7, 11) is 0. The predicted molar refractivity (Wildman–Crippen MR) is 63.5 cm³/mol. The summed E-state index contributed by atoms with van der Waals surface area (Å²) >= 11 is 0. The first-order valence-corrected chi connectivity index (χ1v) is 6.80. The van der Waals surface area contributed by atoms with Gasteiger partial charge in [-0.2, -0.15) is 0 Å². The molecule has 3 N–H and O–H groups in total. The second kappa shape index (κ2) is 3.97. The normalized spacial score (nSPS) is 45.6. The zero-order chi connectivity index (χ0) is 11.2. The molecule has 3 heteroatoms. The molecular formula is C13H24N2O. The highest BCUT2D eigenvalue weighted by Crippen LogP contribution is 2.59. The van der Waals surface area contributed by atoms with Crippen LogP contribution in [0.1, 0.15) is 38.5 Å². The number of nitrogens with two attached hydrogens (primary N) is 1. The summed E-state index contributed by atoms with van der Waals surface area (Å²) < 4.78 is 0. The minimum Gasteiger partial charge on any atom is -0.395 e. The van der Waals surface area contributed by atoms with Crippen LogP contribution in [0.2, 0.25) is 0 Å². The van der Waals surface area contributed by atoms with E-state index >= 15 is 0 Å². The Labute approximate surface area is 98.0 Å². The lowest BCUT2D eigenvalue weighted by molar-refractivity contribution is -0.0705. The number of rotatable bonds is 4. The van der Waals surface area contributed by atoms with Crippen LogP contribution in [0.3, 0.4) is 0 Å². The van der Waals surface area contributed by atoms with Gasteiger partial charge >= 0.3 is 0 Å². The Morgan fingerprint density at radius 3 is 2.00 bits per heavy atom. The van der Waals surface area contributed by atoms with Gasteiger partial charge in [-0.25, -0.2) is 5.01 Å². The number of aliphatic hydroxyl groups excluding tert-OH is 1. The molecule has 4 bridgehead atoms. The monoisotopic (exact) mass is 224 g/mol. The fourth-order valence-electron chi connectivity index (χ4n) is 5.12. The van der Waals surface area contributed by atoms with Crippen molar-refractivity contribution >= 4 is 0 Å². The van der Waals surface area contributed by atoms with E-state index in [4.69, 9.17) is 10.9 Å². The van der Waals surface area contributed by atoms with E-state index in [0.29, 0.717) is 12.0 Å². The molecule has 0 atom stereocenters. The summed E-state index contributed by atoms with van der Waals surface area (Å²) in [5.41, 5.74) is 0.513. The molecule has 4 saturated carbocycles. The zero-order valence-electron chi connectivity index (χ0n) is 10.1. The van der Waals surface area contributed by atoms with E-state index < -0.39 is 0 Å². The molecule has 0 aromatic rings. The molecule has 0 aliphatic heterocycles. The Hall–Kier alpha value is -0.120. The molecule has 4 fully saturated rings. The number of hydrogen-bond acceptors (Lipinski definition) is 3. The summed E-state index contributed by atoms with van der Waals surface area (Å²) in [6, 6.07) is 0. The molecule has 3 nitrogen and oxygen atoms in total. The average Bonchev–Trinajstić information content (AvgIpc) is 2.13. The van der Waals surface area contributed by atoms with E-state index in [1.807, 2.05) is 5.01 Å². The van der Waals surface area contributed by atoms with Crippen molar-refractivity contribution in [3.05, 3.63) is 0 Å². The van der Waals surface area contributed by atoms with Crippen LogP contribution in [0.25, 0.3) is 0 Å². The first-order valence-electron chi connectivity index (χ1n) is 6.80. The first-order chi connectivity index (χ1) is 7.69. The van der Waals surface area contributed by atoms with Crippen molar-refractivity contribution in [2.75, 3.05) is 19.7 Å². The molecule has 4 aliphatic rings. The van der Waals surface area contributed by atoms with Crippen LogP contribution in [0.15, 0.2) is 0 Å². The number of hydrogen-bond donors (Lipinski definition) is 2. The van der Waals surface area contributed by atoms with Crippen molar-refractivity contribution in [2.45, 2.75) is 38.5 Å². The van der Waals surface area contributed by atoms with Gasteiger partial charge in [0, 0.05) is 13.1 Å². The van der Waals surface area contributed by atoms with Gasteiger partial charge in [-0.1, -0.05) is 0 Å². The lowest BCUT2D eigenvalue weighted by Crippen LogP contribution is -2.53. The van der Waals surface area contributed by atoms with Gasteiger partial charge in [0.05, 0.1) is 6.61 Å². The maximum absolute atomic E-state index is 8.93. The maximum Gasteiger partial charge on any atom is 0.0572 e. The zero-order valence-corrected chi connectivity index (χ0v) is 10.1. The minimum atomic E-state index is 0.183. The molecule has 16 heavy (non-hydrogen) atoms. The Morgan fingerprint density at radius 1 is 1.06 bits per heavy atom. The van der Waals surface area contributed by atoms with Gasteiger partial charge in [-0.3, -0.25) is 5.84 Å². The minimum absolute atomic E-state index is 0.183. The molecule has 0 unspecified atom stereocenters. The van der Waals surface area contributed by atoms with Gasteiger partial charge in [0.15, 0.2) is 0 Å². The third kappa shape index (κ3) is 1.89. The van der Waals surface area contributed by atoms with E-state index in [1.54, 1.807) is 0 Å². The Bertz CT molecular complexity index is 231. The highest BCUT2D eigenvalue weighted by Gasteiger charge is 2.50. The van der Waals surface area contributed by atoms with Crippen LogP contribution in [0.5, 0.6) is 0 Å². The van der Waals surface area contributed by atoms with Crippen molar-refractivity contribution in [1.29, 1.82) is 0 Å². The third-order valence-corrected chi connectivity index (χ3v) is 5.09. The lowest BCUT2D eigenvalue weighted by Gasteiger charge is -2.57. The summed E-state index contributed by atoms with van der Waals surface area (Å²) in [4.78, 5) is 0. The average molecular weight is 224 g/mol. The number of aliphatic hydroxyl groups is 1. The van der Waals surface area contributed by atoms with Crippen molar-refractivity contribution in [2.24, 2.45) is 29.0 Å². The molecule has 0 saturated heterocycles. The fraction of sp³-hybridized carbons (Fsp3) is 1.00. The molecule has 4 aliphatic carbocycles. The van der Waals surface area contributed by atoms with Crippen molar-refractivity contribution in [1.82, 2.24) is 5.01 Å². The van der Waals surface area contributed by atoms with Crippen molar-refractivity contribution in [3.63, 3.8) is 0 Å². The molecule has 92 valence electrons. The van der Waals surface area contributed by atoms with E-state index in [0.717, 1.165) is 24.3 Å². The molecule has 0 aromatic carbocycles. The quantitative estimate of drug-likeness (QED) is 0.560. The third-order valence-electron chi connectivity index (χ3n) is 5.09. The van der Waals surface area contributed by atoms with Crippen LogP contribution in [0.4, 0.5) is 0 Å². The second-order valence-corrected chi connectivity index (χ2v) is 6.61. The molecule has 0 radical (unpaired) electrons. The van der Waals surface area contributed by atoms with Gasteiger partial charge in [-0.05, 0) is 61.7 Å². The summed E-state index contributed by atoms with van der Waals surface area (Å²) in [6.07, 6.45) is 8.67. The first kappa shape index (κ1) is 11.0. The van der Waals surface area contributed by atoms with Crippen LogP contribution in [-0.2, 0) is 0 Å². The molecule has 0 spiro atoms. The number of nitrogens with zero attached hydrogens (tertiary/aromatic N) is 1. The van der Waals surface area contributed by atoms with E-state index in [-0.39, 0.29) is 6.61 Å². The largest absolute Gasteiger partial charge is 0.395 e. The molecule has 0 heterocycles. The smallest absolute Gasteiger partial charge is 0.0572 e. The van der Waals surface area contributed by atoms with Crippen LogP contribution < -0.4 is 5.84 Å². The summed E-state index contributed by atoms with van der Waals surface area (Å²) in [5, 5.41) is 10.8. The summed E-state index contributed by atoms with van der Waals surface area (Å²) in [5.74, 6) is 8.96. The highest BCUT2D eigenvalue weighted by atomic mass is 16.3. The van der Waals surface area contributed by atoms with Crippen molar-refractivity contribution in [3.8, 4) is 0 Å². The van der Waals surface area contributed by atoms with Gasteiger partial charge in [0.2, 0.25) is 0 Å². The summed E-state index contributed by atoms with van der Waals surface area (Å²) in [6.45, 7) is 1.82. The van der Waals surface area contributed by atoms with Gasteiger partial charge in [0.1, 0.15) is 0 Å². The maximum atomic E-state index is 8.93. The van der Waals surface area contributed by atoms with Crippen molar-refractivity contribution < 1.29 is 5.11 Å². The van der Waals surface area contributed by atoms with Crippen LogP contribution in [0, 0.1) is 23.2 Å². The van der Waals surface area contributed by atoms with E-state index in [9.17, 15) is 0 Å². The predicted octanol–water partition coefficient (Wildman–Crippen LogP) is 1.37. The van der Waals surface area contributed by atoms with Gasteiger partial charge in [0.25, 0.3) is 0 Å². The van der Waals surface area contributed by atoms with Crippen LogP contribution in [-0.4, -0.2) is 29.8 Å². The standard InChI is InChI=1S/C13H24N2O/c14-15(1-2-16)9-13-6-10-3-11(7-13)5-12(4-10)8-13/h10-12,16H,1-9,14H2. The highest BCUT2D eigenvalue weighted by molar-refractivity contribution is 5.02. The fourth-order valence-corrected chi connectivity index (χ4v) is 5.12. The lowest BCUT2D eigenvalue weighted by atomic mass is 9.49. The molecule has 4 rings (SSSR count).